The number of ether oxygens (including phenoxy) is 1. The summed E-state index contributed by atoms with van der Waals surface area (Å²) in [7, 11) is 0. The average molecular weight is 314 g/mol. The number of thiocarbonyl (C=S) groups is 1. The van der Waals surface area contributed by atoms with E-state index in [1.54, 1.807) is 4.90 Å². The third-order valence-corrected chi connectivity index (χ3v) is 3.55. The Hall–Kier alpha value is -1.27. The van der Waals surface area contributed by atoms with Gasteiger partial charge in [0.2, 0.25) is 0 Å². The van der Waals surface area contributed by atoms with Gasteiger partial charge in [0.1, 0.15) is 22.3 Å². The van der Waals surface area contributed by atoms with E-state index >= 15 is 0 Å². The molecule has 1 aliphatic heterocycles. The van der Waals surface area contributed by atoms with Gasteiger partial charge < -0.3 is 15.4 Å². The van der Waals surface area contributed by atoms with Crippen LogP contribution in [0.25, 0.3) is 0 Å². The van der Waals surface area contributed by atoms with Crippen LogP contribution in [0.4, 0.5) is 14.5 Å². The van der Waals surface area contributed by atoms with E-state index in [4.69, 9.17) is 22.7 Å². The van der Waals surface area contributed by atoms with Crippen molar-refractivity contribution in [3.05, 3.63) is 29.3 Å². The van der Waals surface area contributed by atoms with Gasteiger partial charge in [0.05, 0.1) is 11.2 Å². The summed E-state index contributed by atoms with van der Waals surface area (Å²) < 4.78 is 34.6. The molecule has 0 saturated carbocycles. The molecule has 6 heteroatoms. The highest BCUT2D eigenvalue weighted by molar-refractivity contribution is 7.80. The van der Waals surface area contributed by atoms with Crippen molar-refractivity contribution in [1.82, 2.24) is 0 Å². The van der Waals surface area contributed by atoms with E-state index in [1.165, 1.54) is 12.1 Å². The van der Waals surface area contributed by atoms with Gasteiger partial charge in [-0.05, 0) is 39.8 Å². The van der Waals surface area contributed by atoms with E-state index in [2.05, 4.69) is 0 Å². The molecule has 0 atom stereocenters. The summed E-state index contributed by atoms with van der Waals surface area (Å²) in [6, 6.07) is 2.35. The fourth-order valence-electron chi connectivity index (χ4n) is 2.96. The zero-order valence-corrected chi connectivity index (χ0v) is 13.5. The van der Waals surface area contributed by atoms with Crippen LogP contribution in [0.3, 0.4) is 0 Å². The Balaban J connectivity index is 2.44. The maximum absolute atomic E-state index is 14.3. The molecule has 1 aromatic rings. The highest BCUT2D eigenvalue weighted by Crippen LogP contribution is 2.34. The van der Waals surface area contributed by atoms with Crippen molar-refractivity contribution < 1.29 is 13.5 Å². The molecule has 0 unspecified atom stereocenters. The molecule has 116 valence electrons. The van der Waals surface area contributed by atoms with Crippen molar-refractivity contribution in [3.63, 3.8) is 0 Å². The Kier molecular flexibility index (Phi) is 3.97. The summed E-state index contributed by atoms with van der Waals surface area (Å²) in [5.74, 6) is -1.32. The molecule has 1 fully saturated rings. The molecule has 2 N–H and O–H groups in total. The average Bonchev–Trinajstić information content (AvgIpc) is 2.22. The van der Waals surface area contributed by atoms with E-state index < -0.39 is 22.8 Å². The Labute approximate surface area is 129 Å². The van der Waals surface area contributed by atoms with Gasteiger partial charge in [-0.15, -0.1) is 0 Å². The van der Waals surface area contributed by atoms with Gasteiger partial charge in [-0.25, -0.2) is 8.78 Å². The summed E-state index contributed by atoms with van der Waals surface area (Å²) in [5.41, 5.74) is 4.57. The third kappa shape index (κ3) is 3.49. The number of nitrogens with two attached hydrogens (primary N) is 1. The first kappa shape index (κ1) is 16.1. The molecule has 0 amide bonds. The van der Waals surface area contributed by atoms with Crippen LogP contribution < -0.4 is 10.6 Å². The van der Waals surface area contributed by atoms with Crippen LogP contribution in [0.5, 0.6) is 0 Å². The van der Waals surface area contributed by atoms with Crippen LogP contribution in [0.2, 0.25) is 0 Å². The molecule has 1 aromatic carbocycles. The molecule has 1 heterocycles. The second-order valence-corrected chi connectivity index (χ2v) is 7.07. The first-order valence-corrected chi connectivity index (χ1v) is 7.16. The first-order valence-electron chi connectivity index (χ1n) is 6.75. The number of rotatable bonds is 2. The van der Waals surface area contributed by atoms with Crippen molar-refractivity contribution in [2.24, 2.45) is 5.73 Å². The number of hydrogen-bond acceptors (Lipinski definition) is 3. The lowest BCUT2D eigenvalue weighted by atomic mass is 9.98. The smallest absolute Gasteiger partial charge is 0.150 e. The molecule has 0 aliphatic carbocycles. The first-order chi connectivity index (χ1) is 9.51. The number of morpholine rings is 1. The molecule has 0 spiro atoms. The lowest BCUT2D eigenvalue weighted by Gasteiger charge is -2.48. The standard InChI is InChI=1S/C15H20F2N2OS/c1-14(2)7-19(8-15(3,4)20-14)12-10(16)5-9(13(18)21)6-11(12)17/h5-6H,7-8H2,1-4H3,(H2,18,21). The number of hydrogen-bond donors (Lipinski definition) is 1. The lowest BCUT2D eigenvalue weighted by molar-refractivity contribution is -0.133. The molecular formula is C15H20F2N2OS. The minimum atomic E-state index is -0.661. The SMILES string of the molecule is CC1(C)CN(c2c(F)cc(C(N)=S)cc2F)CC(C)(C)O1. The molecule has 0 radical (unpaired) electrons. The summed E-state index contributed by atoms with van der Waals surface area (Å²) in [6.45, 7) is 8.41. The van der Waals surface area contributed by atoms with E-state index in [1.807, 2.05) is 27.7 Å². The summed E-state index contributed by atoms with van der Waals surface area (Å²) >= 11 is 4.76. The maximum atomic E-state index is 14.3. The zero-order valence-electron chi connectivity index (χ0n) is 12.7. The van der Waals surface area contributed by atoms with Gasteiger partial charge in [0.25, 0.3) is 0 Å². The van der Waals surface area contributed by atoms with Crippen molar-refractivity contribution in [1.29, 1.82) is 0 Å². The fraction of sp³-hybridized carbons (Fsp3) is 0.533. The van der Waals surface area contributed by atoms with Crippen molar-refractivity contribution in [3.8, 4) is 0 Å². The molecule has 2 rings (SSSR count). The molecular weight excluding hydrogens is 294 g/mol. The Morgan fingerprint density at radius 2 is 1.57 bits per heavy atom. The number of benzene rings is 1. The maximum Gasteiger partial charge on any atom is 0.150 e. The molecule has 21 heavy (non-hydrogen) atoms. The van der Waals surface area contributed by atoms with Crippen molar-refractivity contribution in [2.45, 2.75) is 38.9 Å². The summed E-state index contributed by atoms with van der Waals surface area (Å²) in [5, 5.41) is 0. The van der Waals surface area contributed by atoms with Gasteiger partial charge >= 0.3 is 0 Å². The largest absolute Gasteiger partial charge is 0.389 e. The van der Waals surface area contributed by atoms with Crippen molar-refractivity contribution >= 4 is 22.9 Å². The number of halogens is 2. The molecule has 3 nitrogen and oxygen atoms in total. The Bertz CT molecular complexity index is 548. The second kappa shape index (κ2) is 5.18. The van der Waals surface area contributed by atoms with E-state index in [9.17, 15) is 8.78 Å². The molecule has 1 aliphatic rings. The quantitative estimate of drug-likeness (QED) is 0.852. The van der Waals surface area contributed by atoms with Crippen LogP contribution in [-0.2, 0) is 4.74 Å². The molecule has 0 aromatic heterocycles. The minimum absolute atomic E-state index is 0.0259. The van der Waals surface area contributed by atoms with Crippen LogP contribution >= 0.6 is 12.2 Å². The zero-order chi connectivity index (χ0) is 16.0. The highest BCUT2D eigenvalue weighted by Gasteiger charge is 2.39. The van der Waals surface area contributed by atoms with Crippen molar-refractivity contribution in [2.75, 3.05) is 18.0 Å². The van der Waals surface area contributed by atoms with E-state index in [0.29, 0.717) is 13.1 Å². The molecule has 0 bridgehead atoms. The monoisotopic (exact) mass is 314 g/mol. The predicted molar refractivity (Wildman–Crippen MR) is 83.7 cm³/mol. The highest BCUT2D eigenvalue weighted by atomic mass is 32.1. The van der Waals surface area contributed by atoms with Crippen LogP contribution in [-0.4, -0.2) is 29.3 Å². The lowest BCUT2D eigenvalue weighted by Crippen LogP contribution is -2.57. The number of anilines is 1. The van der Waals surface area contributed by atoms with Gasteiger partial charge in [0.15, 0.2) is 0 Å². The van der Waals surface area contributed by atoms with Crippen LogP contribution in [0, 0.1) is 11.6 Å². The summed E-state index contributed by atoms with van der Waals surface area (Å²) in [6.07, 6.45) is 0. The topological polar surface area (TPSA) is 38.5 Å². The Morgan fingerprint density at radius 3 is 1.95 bits per heavy atom. The van der Waals surface area contributed by atoms with Gasteiger partial charge in [-0.1, -0.05) is 12.2 Å². The molecule has 1 saturated heterocycles. The van der Waals surface area contributed by atoms with E-state index in [0.717, 1.165) is 0 Å². The Morgan fingerprint density at radius 1 is 1.14 bits per heavy atom. The summed E-state index contributed by atoms with van der Waals surface area (Å²) in [4.78, 5) is 1.65. The second-order valence-electron chi connectivity index (χ2n) is 6.63. The third-order valence-electron chi connectivity index (χ3n) is 3.31. The van der Waals surface area contributed by atoms with Crippen LogP contribution in [0.1, 0.15) is 33.3 Å². The number of nitrogens with zero attached hydrogens (tertiary/aromatic N) is 1. The van der Waals surface area contributed by atoms with Gasteiger partial charge in [-0.3, -0.25) is 0 Å². The normalized spacial score (nSPS) is 20.4. The predicted octanol–water partition coefficient (Wildman–Crippen LogP) is 2.99. The van der Waals surface area contributed by atoms with Gasteiger partial charge in [0, 0.05) is 18.7 Å². The van der Waals surface area contributed by atoms with Gasteiger partial charge in [-0.2, -0.15) is 0 Å². The minimum Gasteiger partial charge on any atom is -0.389 e. The van der Waals surface area contributed by atoms with E-state index in [-0.39, 0.29) is 16.2 Å². The fourth-order valence-corrected chi connectivity index (χ4v) is 3.07. The van der Waals surface area contributed by atoms with Crippen LogP contribution in [0.15, 0.2) is 12.1 Å².